The maximum absolute atomic E-state index is 12.4. The van der Waals surface area contributed by atoms with Crippen LogP contribution in [-0.4, -0.2) is 88.0 Å². The molecular weight excluding hydrogens is 520 g/mol. The van der Waals surface area contributed by atoms with Crippen molar-refractivity contribution < 1.29 is 49.4 Å². The number of unbranched alkanes of at least 4 members (excludes halogenated alkanes) is 10. The highest BCUT2D eigenvalue weighted by Crippen LogP contribution is 2.14. The SMILES string of the molecule is CCCCCCCCOC(=O)c1ccccc1C(=O)OCCCCCCCC.O=CC(O)C(O)C(O)C(O)CO. The summed E-state index contributed by atoms with van der Waals surface area (Å²) in [6, 6.07) is 6.74. The van der Waals surface area contributed by atoms with E-state index in [0.29, 0.717) is 24.3 Å². The molecule has 0 radical (unpaired) electrons. The average molecular weight is 571 g/mol. The van der Waals surface area contributed by atoms with Gasteiger partial charge in [0, 0.05) is 0 Å². The smallest absolute Gasteiger partial charge is 0.339 e. The van der Waals surface area contributed by atoms with E-state index >= 15 is 0 Å². The van der Waals surface area contributed by atoms with Gasteiger partial charge in [-0.15, -0.1) is 0 Å². The largest absolute Gasteiger partial charge is 0.462 e. The van der Waals surface area contributed by atoms with Crippen LogP contribution in [-0.2, 0) is 14.3 Å². The Kier molecular flexibility index (Phi) is 23.0. The van der Waals surface area contributed by atoms with Crippen LogP contribution < -0.4 is 0 Å². The minimum atomic E-state index is -1.79. The van der Waals surface area contributed by atoms with Gasteiger partial charge in [-0.05, 0) is 25.0 Å². The lowest BCUT2D eigenvalue weighted by atomic mass is 10.0. The lowest BCUT2D eigenvalue weighted by molar-refractivity contribution is -0.136. The minimum absolute atomic E-state index is 0.0258. The average Bonchev–Trinajstić information content (AvgIpc) is 2.98. The third-order valence-electron chi connectivity index (χ3n) is 6.25. The fourth-order valence-electron chi connectivity index (χ4n) is 3.71. The van der Waals surface area contributed by atoms with Gasteiger partial charge in [0.2, 0.25) is 0 Å². The molecule has 5 N–H and O–H groups in total. The van der Waals surface area contributed by atoms with Gasteiger partial charge in [-0.1, -0.05) is 90.2 Å². The molecule has 4 atom stereocenters. The van der Waals surface area contributed by atoms with Gasteiger partial charge in [-0.3, -0.25) is 0 Å². The van der Waals surface area contributed by atoms with Gasteiger partial charge < -0.3 is 39.8 Å². The first-order chi connectivity index (χ1) is 19.2. The van der Waals surface area contributed by atoms with Crippen LogP contribution in [0.4, 0.5) is 0 Å². The molecule has 0 aliphatic heterocycles. The fraction of sp³-hybridized carbons (Fsp3) is 0.700. The van der Waals surface area contributed by atoms with Crippen molar-refractivity contribution in [3.63, 3.8) is 0 Å². The Balaban J connectivity index is 0.00000106. The van der Waals surface area contributed by atoms with Crippen molar-refractivity contribution in [2.24, 2.45) is 0 Å². The molecule has 0 saturated heterocycles. The maximum Gasteiger partial charge on any atom is 0.339 e. The van der Waals surface area contributed by atoms with E-state index in [1.807, 2.05) is 0 Å². The second-order valence-corrected chi connectivity index (χ2v) is 9.71. The van der Waals surface area contributed by atoms with Gasteiger partial charge in [0.05, 0.1) is 30.9 Å². The summed E-state index contributed by atoms with van der Waals surface area (Å²) in [5.41, 5.74) is 0.586. The van der Waals surface area contributed by atoms with Crippen LogP contribution in [0.15, 0.2) is 24.3 Å². The van der Waals surface area contributed by atoms with Crippen LogP contribution in [0.5, 0.6) is 0 Å². The maximum atomic E-state index is 12.4. The molecule has 1 aromatic carbocycles. The zero-order valence-corrected chi connectivity index (χ0v) is 24.1. The van der Waals surface area contributed by atoms with Gasteiger partial charge in [0.1, 0.15) is 24.4 Å². The molecule has 0 spiro atoms. The van der Waals surface area contributed by atoms with Crippen LogP contribution in [0.25, 0.3) is 0 Å². The molecule has 10 heteroatoms. The molecule has 0 aliphatic carbocycles. The second-order valence-electron chi connectivity index (χ2n) is 9.71. The van der Waals surface area contributed by atoms with Crippen molar-refractivity contribution in [1.29, 1.82) is 0 Å². The van der Waals surface area contributed by atoms with Gasteiger partial charge in [0.15, 0.2) is 6.29 Å². The summed E-state index contributed by atoms with van der Waals surface area (Å²) in [4.78, 5) is 34.6. The number of benzene rings is 1. The molecule has 4 unspecified atom stereocenters. The van der Waals surface area contributed by atoms with Crippen molar-refractivity contribution >= 4 is 18.2 Å². The predicted octanol–water partition coefficient (Wildman–Crippen LogP) is 3.34. The van der Waals surface area contributed by atoms with Gasteiger partial charge >= 0.3 is 11.9 Å². The minimum Gasteiger partial charge on any atom is -0.462 e. The lowest BCUT2D eigenvalue weighted by Gasteiger charge is -2.22. The molecule has 230 valence electrons. The summed E-state index contributed by atoms with van der Waals surface area (Å²) >= 11 is 0. The normalized spacial score (nSPS) is 13.8. The number of aliphatic hydroxyl groups is 5. The van der Waals surface area contributed by atoms with E-state index in [1.54, 1.807) is 24.3 Å². The first-order valence-corrected chi connectivity index (χ1v) is 14.5. The van der Waals surface area contributed by atoms with Crippen molar-refractivity contribution in [3.8, 4) is 0 Å². The van der Waals surface area contributed by atoms with Crippen molar-refractivity contribution in [3.05, 3.63) is 35.4 Å². The molecular formula is C30H50O10. The van der Waals surface area contributed by atoms with Crippen molar-refractivity contribution in [2.75, 3.05) is 19.8 Å². The van der Waals surface area contributed by atoms with Crippen LogP contribution in [0, 0.1) is 0 Å². The number of carbonyl (C=O) groups excluding carboxylic acids is 3. The lowest BCUT2D eigenvalue weighted by Crippen LogP contribution is -2.46. The Bertz CT molecular complexity index is 751. The number of hydrogen-bond acceptors (Lipinski definition) is 10. The van der Waals surface area contributed by atoms with Crippen molar-refractivity contribution in [1.82, 2.24) is 0 Å². The van der Waals surface area contributed by atoms with Crippen molar-refractivity contribution in [2.45, 2.75) is 115 Å². The standard InChI is InChI=1S/C24H38O4.C6H12O6/c1-3-5-7-9-11-15-19-27-23(25)21-17-13-14-18-22(21)24(26)28-20-16-12-10-8-6-4-2;7-1-3(9)5(11)6(12)4(10)2-8/h13-14,17-18H,3-12,15-16,19-20H2,1-2H3;1,3-6,8-12H,2H2. The van der Waals surface area contributed by atoms with Crippen LogP contribution in [0.2, 0.25) is 0 Å². The molecule has 1 rings (SSSR count). The van der Waals surface area contributed by atoms with Crippen LogP contribution >= 0.6 is 0 Å². The number of esters is 2. The Morgan fingerprint density at radius 3 is 1.48 bits per heavy atom. The molecule has 0 aromatic heterocycles. The Morgan fingerprint density at radius 1 is 0.700 bits per heavy atom. The fourth-order valence-corrected chi connectivity index (χ4v) is 3.71. The van der Waals surface area contributed by atoms with Gasteiger partial charge in [-0.2, -0.15) is 0 Å². The number of hydrogen-bond donors (Lipinski definition) is 5. The predicted molar refractivity (Wildman–Crippen MR) is 151 cm³/mol. The molecule has 0 aliphatic rings. The van der Waals surface area contributed by atoms with E-state index in [0.717, 1.165) is 25.7 Å². The highest BCUT2D eigenvalue weighted by Gasteiger charge is 2.29. The number of carbonyl (C=O) groups is 3. The van der Waals surface area contributed by atoms with E-state index in [2.05, 4.69) is 13.8 Å². The van der Waals surface area contributed by atoms with E-state index < -0.39 is 43.0 Å². The molecule has 0 amide bonds. The zero-order chi connectivity index (χ0) is 30.2. The highest BCUT2D eigenvalue weighted by atomic mass is 16.5. The summed E-state index contributed by atoms with van der Waals surface area (Å²) in [5, 5.41) is 43.5. The molecule has 0 heterocycles. The molecule has 0 saturated carbocycles. The van der Waals surface area contributed by atoms with E-state index in [4.69, 9.17) is 35.0 Å². The van der Waals surface area contributed by atoms with Gasteiger partial charge in [0.25, 0.3) is 0 Å². The monoisotopic (exact) mass is 570 g/mol. The quantitative estimate of drug-likeness (QED) is 0.0839. The first-order valence-electron chi connectivity index (χ1n) is 14.5. The third kappa shape index (κ3) is 16.7. The number of aliphatic hydroxyl groups excluding tert-OH is 5. The number of aldehydes is 1. The van der Waals surface area contributed by atoms with Gasteiger partial charge in [-0.25, -0.2) is 9.59 Å². The molecule has 1 aromatic rings. The first kappa shape index (κ1) is 37.6. The highest BCUT2D eigenvalue weighted by molar-refractivity contribution is 6.03. The Labute approximate surface area is 238 Å². The topological polar surface area (TPSA) is 171 Å². The Morgan fingerprint density at radius 2 is 1.10 bits per heavy atom. The number of ether oxygens (including phenoxy) is 2. The third-order valence-corrected chi connectivity index (χ3v) is 6.25. The zero-order valence-electron chi connectivity index (χ0n) is 24.1. The van der Waals surface area contributed by atoms with E-state index in [-0.39, 0.29) is 6.29 Å². The summed E-state index contributed by atoms with van der Waals surface area (Å²) in [6.45, 7) is 4.41. The molecule has 0 fully saturated rings. The van der Waals surface area contributed by atoms with Crippen LogP contribution in [0.3, 0.4) is 0 Å². The summed E-state index contributed by atoms with van der Waals surface area (Å²) < 4.78 is 10.7. The second kappa shape index (κ2) is 24.4. The molecule has 10 nitrogen and oxygen atoms in total. The molecule has 0 bridgehead atoms. The van der Waals surface area contributed by atoms with E-state index in [9.17, 15) is 14.4 Å². The van der Waals surface area contributed by atoms with Crippen LogP contribution in [0.1, 0.15) is 112 Å². The summed E-state index contributed by atoms with van der Waals surface area (Å²) in [7, 11) is 0. The Hall–Kier alpha value is -2.37. The summed E-state index contributed by atoms with van der Waals surface area (Å²) in [6.07, 6.45) is 6.79. The molecule has 40 heavy (non-hydrogen) atoms. The number of rotatable bonds is 21. The summed E-state index contributed by atoms with van der Waals surface area (Å²) in [5.74, 6) is -0.888. The van der Waals surface area contributed by atoms with E-state index in [1.165, 1.54) is 51.4 Å².